The highest BCUT2D eigenvalue weighted by atomic mass is 35.5. The number of nitrogens with zero attached hydrogens (tertiary/aromatic N) is 4. The Bertz CT molecular complexity index is 1370. The minimum absolute atomic E-state index is 0.127. The Hall–Kier alpha value is -4.04. The van der Waals surface area contributed by atoms with Crippen molar-refractivity contribution in [2.45, 2.75) is 31.5 Å². The Labute approximate surface area is 226 Å². The Morgan fingerprint density at radius 3 is 2.63 bits per heavy atom. The Kier molecular flexibility index (Phi) is 6.88. The fourth-order valence-corrected chi connectivity index (χ4v) is 5.54. The summed E-state index contributed by atoms with van der Waals surface area (Å²) in [6.07, 6.45) is 10.6. The molecule has 0 spiro atoms. The summed E-state index contributed by atoms with van der Waals surface area (Å²) in [6, 6.07) is 17.0. The lowest BCUT2D eigenvalue weighted by Crippen LogP contribution is -2.43. The normalized spacial score (nSPS) is 21.9. The highest BCUT2D eigenvalue weighted by Crippen LogP contribution is 2.45. The maximum Gasteiger partial charge on any atom is 0.416 e. The van der Waals surface area contributed by atoms with E-state index >= 15 is 0 Å². The molecule has 1 aliphatic carbocycles. The third kappa shape index (κ3) is 5.04. The van der Waals surface area contributed by atoms with Crippen LogP contribution in [0.4, 0.5) is 4.79 Å². The third-order valence-corrected chi connectivity index (χ3v) is 7.33. The van der Waals surface area contributed by atoms with E-state index in [1.807, 2.05) is 48.5 Å². The Morgan fingerprint density at radius 1 is 1.05 bits per heavy atom. The van der Waals surface area contributed by atoms with Gasteiger partial charge in [0.1, 0.15) is 17.5 Å². The maximum atomic E-state index is 13.4. The number of carbonyl (C=O) groups excluding carboxylic acids is 1. The zero-order chi connectivity index (χ0) is 25.9. The van der Waals surface area contributed by atoms with Crippen molar-refractivity contribution >= 4 is 17.7 Å². The molecule has 0 saturated heterocycles. The van der Waals surface area contributed by atoms with Gasteiger partial charge in [0, 0.05) is 29.6 Å². The Morgan fingerprint density at radius 2 is 1.84 bits per heavy atom. The van der Waals surface area contributed by atoms with E-state index in [0.717, 1.165) is 34.9 Å². The Balaban J connectivity index is 1.22. The van der Waals surface area contributed by atoms with E-state index in [1.54, 1.807) is 34.2 Å². The maximum absolute atomic E-state index is 13.4. The summed E-state index contributed by atoms with van der Waals surface area (Å²) in [5, 5.41) is 12.6. The molecule has 3 atom stereocenters. The van der Waals surface area contributed by atoms with Gasteiger partial charge in [-0.15, -0.1) is 0 Å². The number of carbonyl (C=O) groups is 1. The highest BCUT2D eigenvalue weighted by Gasteiger charge is 2.43. The first-order valence-electron chi connectivity index (χ1n) is 12.8. The van der Waals surface area contributed by atoms with Gasteiger partial charge in [0.15, 0.2) is 0 Å². The predicted molar refractivity (Wildman–Crippen MR) is 144 cm³/mol. The van der Waals surface area contributed by atoms with Crippen molar-refractivity contribution in [3.05, 3.63) is 107 Å². The van der Waals surface area contributed by atoms with Gasteiger partial charge >= 0.3 is 6.09 Å². The molecule has 1 amide bonds. The predicted octanol–water partition coefficient (Wildman–Crippen LogP) is 5.23. The lowest BCUT2D eigenvalue weighted by Gasteiger charge is -2.37. The van der Waals surface area contributed by atoms with Crippen molar-refractivity contribution in [1.29, 1.82) is 0 Å². The van der Waals surface area contributed by atoms with Crippen LogP contribution in [0.25, 0.3) is 0 Å². The van der Waals surface area contributed by atoms with Gasteiger partial charge in [0.25, 0.3) is 0 Å². The number of fused-ring (bicyclic) bond motifs is 2. The fraction of sp³-hybridized carbons (Fsp3) is 0.276. The third-order valence-electron chi connectivity index (χ3n) is 7.08. The zero-order valence-electron chi connectivity index (χ0n) is 20.7. The SMILES string of the molecule is O=C(Oc1ccccc1)N1CCC2=C(NC3C=CC(Cl)=CC23)C1c1ccc(OCCCn2nccn2)cc1. The molecule has 0 bridgehead atoms. The van der Waals surface area contributed by atoms with Gasteiger partial charge in [-0.1, -0.05) is 54.1 Å². The summed E-state index contributed by atoms with van der Waals surface area (Å²) in [5.41, 5.74) is 3.32. The molecular weight excluding hydrogens is 502 g/mol. The second kappa shape index (κ2) is 10.8. The summed E-state index contributed by atoms with van der Waals surface area (Å²) >= 11 is 6.35. The van der Waals surface area contributed by atoms with Gasteiger partial charge in [-0.25, -0.2) is 4.79 Å². The van der Waals surface area contributed by atoms with Crippen molar-refractivity contribution in [1.82, 2.24) is 25.2 Å². The average molecular weight is 530 g/mol. The molecule has 3 unspecified atom stereocenters. The molecule has 6 rings (SSSR count). The molecule has 0 saturated carbocycles. The van der Waals surface area contributed by atoms with Crippen LogP contribution in [0.15, 0.2) is 102 Å². The second-order valence-electron chi connectivity index (χ2n) is 9.47. The monoisotopic (exact) mass is 529 g/mol. The van der Waals surface area contributed by atoms with E-state index < -0.39 is 0 Å². The summed E-state index contributed by atoms with van der Waals surface area (Å²) in [7, 11) is 0. The van der Waals surface area contributed by atoms with Crippen molar-refractivity contribution in [2.75, 3.05) is 13.2 Å². The lowest BCUT2D eigenvalue weighted by atomic mass is 9.85. The number of para-hydroxylation sites is 1. The van der Waals surface area contributed by atoms with Gasteiger partial charge in [0.2, 0.25) is 0 Å². The highest BCUT2D eigenvalue weighted by molar-refractivity contribution is 6.31. The fourth-order valence-electron chi connectivity index (χ4n) is 5.33. The topological polar surface area (TPSA) is 81.5 Å². The minimum atomic E-state index is -0.374. The van der Waals surface area contributed by atoms with Crippen molar-refractivity contribution < 1.29 is 14.3 Å². The summed E-state index contributed by atoms with van der Waals surface area (Å²) in [6.45, 7) is 1.80. The molecule has 2 aliphatic heterocycles. The average Bonchev–Trinajstić information content (AvgIpc) is 3.59. The number of aromatic nitrogens is 3. The summed E-state index contributed by atoms with van der Waals surface area (Å²) in [5.74, 6) is 1.48. The molecule has 3 aliphatic rings. The van der Waals surface area contributed by atoms with E-state index in [4.69, 9.17) is 21.1 Å². The van der Waals surface area contributed by atoms with Crippen LogP contribution in [-0.2, 0) is 6.54 Å². The van der Waals surface area contributed by atoms with E-state index in [1.165, 1.54) is 5.57 Å². The second-order valence-corrected chi connectivity index (χ2v) is 9.90. The van der Waals surface area contributed by atoms with E-state index in [2.05, 4.69) is 27.7 Å². The lowest BCUT2D eigenvalue weighted by molar-refractivity contribution is 0.134. The quantitative estimate of drug-likeness (QED) is 0.422. The molecule has 194 valence electrons. The minimum Gasteiger partial charge on any atom is -0.494 e. The first-order chi connectivity index (χ1) is 18.7. The van der Waals surface area contributed by atoms with Crippen LogP contribution in [0.3, 0.4) is 0 Å². The number of aryl methyl sites for hydroxylation is 1. The number of allylic oxidation sites excluding steroid dienone is 2. The van der Waals surface area contributed by atoms with E-state index in [0.29, 0.717) is 25.4 Å². The van der Waals surface area contributed by atoms with E-state index in [-0.39, 0.29) is 24.1 Å². The molecule has 1 N–H and O–H groups in total. The first kappa shape index (κ1) is 24.3. The van der Waals surface area contributed by atoms with Crippen LogP contribution in [0, 0.1) is 5.92 Å². The van der Waals surface area contributed by atoms with Gasteiger partial charge in [-0.3, -0.25) is 4.90 Å². The van der Waals surface area contributed by atoms with Gasteiger partial charge in [0.05, 0.1) is 31.6 Å². The van der Waals surface area contributed by atoms with Crippen molar-refractivity contribution in [3.63, 3.8) is 0 Å². The number of benzene rings is 2. The van der Waals surface area contributed by atoms with Crippen LogP contribution >= 0.6 is 11.6 Å². The van der Waals surface area contributed by atoms with Crippen LogP contribution in [-0.4, -0.2) is 45.2 Å². The van der Waals surface area contributed by atoms with Crippen LogP contribution < -0.4 is 14.8 Å². The van der Waals surface area contributed by atoms with Gasteiger partial charge in [-0.2, -0.15) is 15.0 Å². The molecule has 1 aromatic heterocycles. The standard InChI is InChI=1S/C29H28ClN5O3/c30-21-9-12-26-25(19-21)24-13-17-34(29(36)38-23-5-2-1-3-6-23)28(27(24)33-26)20-7-10-22(11-8-20)37-18-4-16-35-31-14-15-32-35/h1-3,5-12,14-15,19,25-26,28,33H,4,13,16-18H2. The van der Waals surface area contributed by atoms with Crippen molar-refractivity contribution in [3.8, 4) is 11.5 Å². The van der Waals surface area contributed by atoms with Crippen LogP contribution in [0.1, 0.15) is 24.4 Å². The van der Waals surface area contributed by atoms with Crippen LogP contribution in [0.2, 0.25) is 0 Å². The number of rotatable bonds is 7. The molecule has 2 aromatic carbocycles. The number of hydrogen-bond acceptors (Lipinski definition) is 6. The number of ether oxygens (including phenoxy) is 2. The van der Waals surface area contributed by atoms with Crippen molar-refractivity contribution in [2.24, 2.45) is 5.92 Å². The molecule has 9 heteroatoms. The molecular formula is C29H28ClN5O3. The molecule has 0 fully saturated rings. The molecule has 38 heavy (non-hydrogen) atoms. The molecule has 3 heterocycles. The molecule has 0 radical (unpaired) electrons. The summed E-state index contributed by atoms with van der Waals surface area (Å²) < 4.78 is 11.7. The largest absolute Gasteiger partial charge is 0.494 e. The number of hydrogen-bond donors (Lipinski definition) is 1. The van der Waals surface area contributed by atoms with Crippen LogP contribution in [0.5, 0.6) is 11.5 Å². The summed E-state index contributed by atoms with van der Waals surface area (Å²) in [4.78, 5) is 16.9. The number of amides is 1. The van der Waals surface area contributed by atoms with E-state index in [9.17, 15) is 4.79 Å². The number of halogens is 1. The molecule has 3 aromatic rings. The zero-order valence-corrected chi connectivity index (χ0v) is 21.5. The van der Waals surface area contributed by atoms with Gasteiger partial charge in [-0.05, 0) is 47.9 Å². The number of nitrogens with one attached hydrogen (secondary N) is 1. The van der Waals surface area contributed by atoms with Gasteiger partial charge < -0.3 is 14.8 Å². The smallest absolute Gasteiger partial charge is 0.416 e. The first-order valence-corrected chi connectivity index (χ1v) is 13.2. The molecule has 8 nitrogen and oxygen atoms in total.